The molecule has 7 nitrogen and oxygen atoms in total. The van der Waals surface area contributed by atoms with Crippen molar-refractivity contribution in [3.63, 3.8) is 0 Å². The highest BCUT2D eigenvalue weighted by molar-refractivity contribution is 5.87. The normalized spacial score (nSPS) is 24.0. The minimum Gasteiger partial charge on any atom is -0.487 e. The van der Waals surface area contributed by atoms with E-state index in [0.717, 1.165) is 60.3 Å². The third-order valence-electron chi connectivity index (χ3n) is 10.0. The summed E-state index contributed by atoms with van der Waals surface area (Å²) in [6.45, 7) is 19.2. The van der Waals surface area contributed by atoms with Crippen LogP contribution >= 0.6 is 0 Å². The molecule has 1 saturated carbocycles. The minimum atomic E-state index is -0.854. The molecule has 2 N–H and O–H groups in total. The molecule has 6 unspecified atom stereocenters. The van der Waals surface area contributed by atoms with Crippen LogP contribution in [0.3, 0.4) is 0 Å². The molecule has 1 heterocycles. The fourth-order valence-electron chi connectivity index (χ4n) is 6.49. The van der Waals surface area contributed by atoms with Crippen LogP contribution in [0.5, 0.6) is 11.5 Å². The van der Waals surface area contributed by atoms with E-state index in [1.807, 2.05) is 39.8 Å². The number of hydrogen-bond donors (Lipinski definition) is 2. The van der Waals surface area contributed by atoms with Gasteiger partial charge in [0.15, 0.2) is 0 Å². The number of aliphatic hydroxyl groups excluding tert-OH is 1. The molecular weight excluding hydrogens is 566 g/mol. The predicted octanol–water partition coefficient (Wildman–Crippen LogP) is 8.10. The second-order valence-electron chi connectivity index (χ2n) is 15.5. The Kier molecular flexibility index (Phi) is 13.8. The van der Waals surface area contributed by atoms with Gasteiger partial charge in [0.25, 0.3) is 0 Å². The van der Waals surface area contributed by atoms with Crippen molar-refractivity contribution in [3.05, 3.63) is 23.3 Å². The van der Waals surface area contributed by atoms with Crippen molar-refractivity contribution in [1.82, 2.24) is 5.32 Å². The Hall–Kier alpha value is -2.12. The first kappa shape index (κ1) is 37.3. The summed E-state index contributed by atoms with van der Waals surface area (Å²) in [4.78, 5) is 25.1. The molecule has 6 atom stereocenters. The van der Waals surface area contributed by atoms with Crippen LogP contribution < -0.4 is 14.8 Å². The van der Waals surface area contributed by atoms with Gasteiger partial charge >= 0.3 is 5.97 Å². The molecule has 0 aromatic heterocycles. The van der Waals surface area contributed by atoms with Crippen LogP contribution in [0.15, 0.2) is 12.1 Å². The molecule has 0 radical (unpaired) electrons. The van der Waals surface area contributed by atoms with Gasteiger partial charge in [-0.05, 0) is 101 Å². The first-order chi connectivity index (χ1) is 21.1. The molecule has 0 bridgehead atoms. The largest absolute Gasteiger partial charge is 0.487 e. The van der Waals surface area contributed by atoms with E-state index in [4.69, 9.17) is 14.2 Å². The summed E-state index contributed by atoms with van der Waals surface area (Å²) in [6, 6.07) is 3.71. The number of esters is 1. The number of aliphatic hydroxyl groups is 1. The second-order valence-corrected chi connectivity index (χ2v) is 15.5. The Balaban J connectivity index is 1.39. The molecule has 1 aromatic rings. The number of ether oxygens (including phenoxy) is 3. The quantitative estimate of drug-likeness (QED) is 0.119. The van der Waals surface area contributed by atoms with Gasteiger partial charge in [0, 0.05) is 0 Å². The maximum absolute atomic E-state index is 12.6. The topological polar surface area (TPSA) is 94.1 Å². The predicted molar refractivity (Wildman–Crippen MR) is 181 cm³/mol. The van der Waals surface area contributed by atoms with Crippen LogP contribution in [-0.4, -0.2) is 46.9 Å². The van der Waals surface area contributed by atoms with Gasteiger partial charge in [0.2, 0.25) is 5.91 Å². The van der Waals surface area contributed by atoms with Gasteiger partial charge in [-0.15, -0.1) is 0 Å². The molecule has 2 aliphatic rings. The van der Waals surface area contributed by atoms with Gasteiger partial charge in [-0.25, -0.2) is 4.79 Å². The van der Waals surface area contributed by atoms with Gasteiger partial charge in [-0.1, -0.05) is 79.6 Å². The SMILES string of the molecule is CCC(C)(C)OC1C(O)C1C(=O)NCC(=O)Oc1cc(C)c2c(c1)CCC(C)(CCCC(C)CCCC(C)CCCC(C)C)O2. The average Bonchev–Trinajstić information content (AvgIpc) is 3.59. The number of carbonyl (C=O) groups excluding carboxylic acids is 2. The van der Waals surface area contributed by atoms with E-state index < -0.39 is 35.6 Å². The fraction of sp³-hybridized carbons (Fsp3) is 0.789. The molecule has 7 heteroatoms. The lowest BCUT2D eigenvalue weighted by atomic mass is 9.85. The van der Waals surface area contributed by atoms with E-state index in [-0.39, 0.29) is 12.1 Å². The van der Waals surface area contributed by atoms with Gasteiger partial charge in [0.05, 0.1) is 23.7 Å². The molecule has 1 aliphatic heterocycles. The Morgan fingerprint density at radius 3 is 2.29 bits per heavy atom. The van der Waals surface area contributed by atoms with E-state index in [0.29, 0.717) is 5.75 Å². The zero-order chi connectivity index (χ0) is 33.4. The molecule has 1 fully saturated rings. The Labute approximate surface area is 273 Å². The summed E-state index contributed by atoms with van der Waals surface area (Å²) in [5.74, 6) is 2.14. The lowest BCUT2D eigenvalue weighted by molar-refractivity contribution is -0.136. The first-order valence-corrected chi connectivity index (χ1v) is 17.8. The first-order valence-electron chi connectivity index (χ1n) is 17.8. The molecule has 3 rings (SSSR count). The Bertz CT molecular complexity index is 1120. The van der Waals surface area contributed by atoms with Crippen LogP contribution in [-0.2, 0) is 20.7 Å². The number of fused-ring (bicyclic) bond motifs is 1. The van der Waals surface area contributed by atoms with Gasteiger partial charge in [-0.2, -0.15) is 0 Å². The summed E-state index contributed by atoms with van der Waals surface area (Å²) < 4.78 is 18.0. The Morgan fingerprint density at radius 1 is 1.04 bits per heavy atom. The van der Waals surface area contributed by atoms with Crippen molar-refractivity contribution in [2.45, 2.75) is 163 Å². The summed E-state index contributed by atoms with van der Waals surface area (Å²) in [5, 5.41) is 12.7. The lowest BCUT2D eigenvalue weighted by Crippen LogP contribution is -2.37. The summed E-state index contributed by atoms with van der Waals surface area (Å²) in [5.41, 5.74) is 1.39. The molecule has 1 amide bonds. The maximum atomic E-state index is 12.6. The van der Waals surface area contributed by atoms with Crippen molar-refractivity contribution < 1.29 is 28.9 Å². The van der Waals surface area contributed by atoms with Crippen molar-refractivity contribution in [3.8, 4) is 11.5 Å². The van der Waals surface area contributed by atoms with E-state index in [1.54, 1.807) is 0 Å². The summed E-state index contributed by atoms with van der Waals surface area (Å²) in [6.07, 6.45) is 12.7. The van der Waals surface area contributed by atoms with Crippen LogP contribution in [0.25, 0.3) is 0 Å². The highest BCUT2D eigenvalue weighted by Gasteiger charge is 2.57. The van der Waals surface area contributed by atoms with Crippen LogP contribution in [0.2, 0.25) is 0 Å². The Morgan fingerprint density at radius 2 is 1.67 bits per heavy atom. The highest BCUT2D eigenvalue weighted by atomic mass is 16.5. The smallest absolute Gasteiger partial charge is 0.330 e. The standard InChI is InChI=1S/C38H63NO6/c1-10-37(7,8)44-35-32(33(35)41)36(42)39-24-31(40)43-30-22-28(6)34-29(23-30)19-21-38(9,45-34)20-13-18-27(5)17-12-16-26(4)15-11-14-25(2)3/h22-23,25-27,32-33,35,41H,10-21,24H2,1-9H3,(H,39,42). The molecule has 1 aliphatic carbocycles. The number of carbonyl (C=O) groups is 2. The molecule has 256 valence electrons. The van der Waals surface area contributed by atoms with Crippen LogP contribution in [0.1, 0.15) is 137 Å². The maximum Gasteiger partial charge on any atom is 0.330 e. The van der Waals surface area contributed by atoms with Gasteiger partial charge in [-0.3, -0.25) is 4.79 Å². The van der Waals surface area contributed by atoms with Gasteiger partial charge < -0.3 is 24.6 Å². The minimum absolute atomic E-state index is 0.188. The number of hydrogen-bond acceptors (Lipinski definition) is 6. The van der Waals surface area contributed by atoms with Crippen molar-refractivity contribution in [2.75, 3.05) is 6.54 Å². The van der Waals surface area contributed by atoms with E-state index in [2.05, 4.69) is 39.9 Å². The summed E-state index contributed by atoms with van der Waals surface area (Å²) in [7, 11) is 0. The third kappa shape index (κ3) is 11.9. The second kappa shape index (κ2) is 16.6. The molecule has 1 aromatic carbocycles. The van der Waals surface area contributed by atoms with E-state index in [9.17, 15) is 14.7 Å². The lowest BCUT2D eigenvalue weighted by Gasteiger charge is -2.37. The average molecular weight is 630 g/mol. The fourth-order valence-corrected chi connectivity index (χ4v) is 6.49. The zero-order valence-electron chi connectivity index (χ0n) is 29.8. The molecular formula is C38H63NO6. The number of benzene rings is 1. The van der Waals surface area contributed by atoms with E-state index >= 15 is 0 Å². The third-order valence-corrected chi connectivity index (χ3v) is 10.0. The molecule has 0 spiro atoms. The van der Waals surface area contributed by atoms with E-state index in [1.165, 1.54) is 51.4 Å². The van der Waals surface area contributed by atoms with Gasteiger partial charge in [0.1, 0.15) is 23.6 Å². The van der Waals surface area contributed by atoms with Crippen molar-refractivity contribution >= 4 is 11.9 Å². The molecule has 0 saturated heterocycles. The monoisotopic (exact) mass is 629 g/mol. The zero-order valence-corrected chi connectivity index (χ0v) is 29.8. The summed E-state index contributed by atoms with van der Waals surface area (Å²) >= 11 is 0. The number of rotatable bonds is 19. The molecule has 45 heavy (non-hydrogen) atoms. The van der Waals surface area contributed by atoms with Crippen molar-refractivity contribution in [1.29, 1.82) is 0 Å². The van der Waals surface area contributed by atoms with Crippen molar-refractivity contribution in [2.24, 2.45) is 23.7 Å². The number of amides is 1. The van der Waals surface area contributed by atoms with Crippen LogP contribution in [0.4, 0.5) is 0 Å². The number of aryl methyl sites for hydroxylation is 2. The highest BCUT2D eigenvalue weighted by Crippen LogP contribution is 2.41. The van der Waals surface area contributed by atoms with Crippen LogP contribution in [0, 0.1) is 30.6 Å². The number of nitrogens with one attached hydrogen (secondary N) is 1.